The van der Waals surface area contributed by atoms with Crippen molar-refractivity contribution in [2.24, 2.45) is 5.73 Å². The topological polar surface area (TPSA) is 192 Å². The van der Waals surface area contributed by atoms with E-state index in [0.29, 0.717) is 19.5 Å². The van der Waals surface area contributed by atoms with Gasteiger partial charge in [-0.2, -0.15) is 0 Å². The molecule has 0 aliphatic carbocycles. The third-order valence-corrected chi connectivity index (χ3v) is 4.39. The molecule has 168 valence electrons. The van der Waals surface area contributed by atoms with E-state index in [-0.39, 0.29) is 0 Å². The number of rotatable bonds is 10. The fraction of sp³-hybridized carbons (Fsp3) is 0.824. The van der Waals surface area contributed by atoms with Gasteiger partial charge in [-0.3, -0.25) is 14.4 Å². The van der Waals surface area contributed by atoms with Crippen molar-refractivity contribution < 1.29 is 39.2 Å². The second kappa shape index (κ2) is 12.0. The zero-order chi connectivity index (χ0) is 22.1. The first-order valence-electron chi connectivity index (χ1n) is 9.42. The van der Waals surface area contributed by atoms with Crippen LogP contribution in [0.25, 0.3) is 0 Å². The summed E-state index contributed by atoms with van der Waals surface area (Å²) in [6, 6.07) is -2.26. The standard InChI is InChI=1S/C17H32N4O8/c1-8(12(20-9(2)23)16(27)19-6-4-5-18)28-17-13(21-10(3)24)15(26)14(25)11(7-22)29-17/h8,11-15,17,22,25-26H,4-7,18H2,1-3H3,(H,19,27)(H,20,23)(H,21,24)/t8-,11?,12+,13?,14-,15?,17-/m1/s1. The number of ether oxygens (including phenoxy) is 2. The molecule has 0 aromatic rings. The number of nitrogens with one attached hydrogen (secondary N) is 3. The molecule has 12 nitrogen and oxygen atoms in total. The Bertz CT molecular complexity index is 564. The van der Waals surface area contributed by atoms with Crippen LogP contribution in [-0.2, 0) is 23.9 Å². The number of amides is 3. The van der Waals surface area contributed by atoms with E-state index in [1.165, 1.54) is 20.8 Å². The molecule has 0 saturated carbocycles. The van der Waals surface area contributed by atoms with E-state index >= 15 is 0 Å². The van der Waals surface area contributed by atoms with E-state index in [9.17, 15) is 29.7 Å². The lowest BCUT2D eigenvalue weighted by Gasteiger charge is -2.43. The molecule has 3 amide bonds. The molecule has 0 aromatic heterocycles. The van der Waals surface area contributed by atoms with Gasteiger partial charge >= 0.3 is 0 Å². The minimum Gasteiger partial charge on any atom is -0.394 e. The smallest absolute Gasteiger partial charge is 0.245 e. The SMILES string of the molecule is CC(=O)NC1C(O)[C@H](O)C(CO)O[C@H]1O[C@H](C)[C@H](NC(C)=O)C(=O)NCCCN. The van der Waals surface area contributed by atoms with Crippen molar-refractivity contribution in [3.63, 3.8) is 0 Å². The number of carbonyl (C=O) groups excluding carboxylic acids is 3. The molecule has 8 N–H and O–H groups in total. The molecule has 1 heterocycles. The molecule has 0 bridgehead atoms. The van der Waals surface area contributed by atoms with Crippen molar-refractivity contribution in [3.05, 3.63) is 0 Å². The van der Waals surface area contributed by atoms with E-state index < -0.39 is 67.1 Å². The Labute approximate surface area is 169 Å². The average Bonchev–Trinajstić information content (AvgIpc) is 2.65. The highest BCUT2D eigenvalue weighted by Gasteiger charge is 2.46. The quantitative estimate of drug-likeness (QED) is 0.174. The van der Waals surface area contributed by atoms with E-state index in [0.717, 1.165) is 0 Å². The third kappa shape index (κ3) is 7.49. The van der Waals surface area contributed by atoms with Crippen molar-refractivity contribution in [1.82, 2.24) is 16.0 Å². The third-order valence-electron chi connectivity index (χ3n) is 4.39. The summed E-state index contributed by atoms with van der Waals surface area (Å²) in [6.07, 6.45) is -5.80. The second-order valence-corrected chi connectivity index (χ2v) is 6.89. The van der Waals surface area contributed by atoms with Crippen molar-refractivity contribution >= 4 is 17.7 Å². The molecule has 3 unspecified atom stereocenters. The van der Waals surface area contributed by atoms with Crippen LogP contribution in [0.2, 0.25) is 0 Å². The van der Waals surface area contributed by atoms with Crippen LogP contribution in [0.15, 0.2) is 0 Å². The van der Waals surface area contributed by atoms with Crippen molar-refractivity contribution in [2.75, 3.05) is 19.7 Å². The summed E-state index contributed by atoms with van der Waals surface area (Å²) in [5.74, 6) is -1.48. The first kappa shape index (κ1) is 25.2. The molecule has 12 heteroatoms. The number of hydrogen-bond acceptors (Lipinski definition) is 9. The summed E-state index contributed by atoms with van der Waals surface area (Å²) in [7, 11) is 0. The van der Waals surface area contributed by atoms with Gasteiger partial charge in [0.2, 0.25) is 17.7 Å². The number of nitrogens with two attached hydrogens (primary N) is 1. The summed E-state index contributed by atoms with van der Waals surface area (Å²) in [4.78, 5) is 35.5. The molecule has 1 saturated heterocycles. The summed E-state index contributed by atoms with van der Waals surface area (Å²) in [5, 5.41) is 37.3. The molecule has 29 heavy (non-hydrogen) atoms. The highest BCUT2D eigenvalue weighted by Crippen LogP contribution is 2.23. The monoisotopic (exact) mass is 420 g/mol. The molecular formula is C17H32N4O8. The van der Waals surface area contributed by atoms with Crippen LogP contribution in [0.4, 0.5) is 0 Å². The number of hydrogen-bond donors (Lipinski definition) is 7. The molecule has 1 fully saturated rings. The first-order chi connectivity index (χ1) is 13.6. The van der Waals surface area contributed by atoms with E-state index in [1.54, 1.807) is 0 Å². The van der Waals surface area contributed by atoms with Gasteiger partial charge in [-0.1, -0.05) is 0 Å². The predicted octanol–water partition coefficient (Wildman–Crippen LogP) is -3.70. The van der Waals surface area contributed by atoms with Gasteiger partial charge < -0.3 is 46.5 Å². The molecule has 0 radical (unpaired) electrons. The zero-order valence-corrected chi connectivity index (χ0v) is 16.8. The number of aliphatic hydroxyl groups is 3. The average molecular weight is 420 g/mol. The van der Waals surface area contributed by atoms with E-state index in [4.69, 9.17) is 15.2 Å². The van der Waals surface area contributed by atoms with Crippen LogP contribution >= 0.6 is 0 Å². The van der Waals surface area contributed by atoms with Gasteiger partial charge in [-0.15, -0.1) is 0 Å². The molecule has 0 spiro atoms. The highest BCUT2D eigenvalue weighted by molar-refractivity contribution is 5.87. The predicted molar refractivity (Wildman–Crippen MR) is 100 cm³/mol. The van der Waals surface area contributed by atoms with Gasteiger partial charge in [0.25, 0.3) is 0 Å². The van der Waals surface area contributed by atoms with E-state index in [2.05, 4.69) is 16.0 Å². The molecule has 1 rings (SSSR count). The Morgan fingerprint density at radius 2 is 1.83 bits per heavy atom. The van der Waals surface area contributed by atoms with Crippen LogP contribution in [0.5, 0.6) is 0 Å². The lowest BCUT2D eigenvalue weighted by molar-refractivity contribution is -0.281. The largest absolute Gasteiger partial charge is 0.394 e. The maximum absolute atomic E-state index is 12.4. The summed E-state index contributed by atoms with van der Waals surface area (Å²) in [6.45, 7) is 4.05. The number of aliphatic hydroxyl groups excluding tert-OH is 3. The van der Waals surface area contributed by atoms with Crippen molar-refractivity contribution in [3.8, 4) is 0 Å². The lowest BCUT2D eigenvalue weighted by Crippen LogP contribution is -2.66. The van der Waals surface area contributed by atoms with Crippen LogP contribution < -0.4 is 21.7 Å². The van der Waals surface area contributed by atoms with Crippen LogP contribution in [-0.4, -0.2) is 95.5 Å². The Kier molecular flexibility index (Phi) is 10.4. The maximum Gasteiger partial charge on any atom is 0.245 e. The minimum absolute atomic E-state index is 0.310. The summed E-state index contributed by atoms with van der Waals surface area (Å²) in [5.41, 5.74) is 5.40. The Morgan fingerprint density at radius 3 is 2.34 bits per heavy atom. The first-order valence-corrected chi connectivity index (χ1v) is 9.42. The van der Waals surface area contributed by atoms with Crippen LogP contribution in [0.1, 0.15) is 27.2 Å². The van der Waals surface area contributed by atoms with Crippen molar-refractivity contribution in [1.29, 1.82) is 0 Å². The zero-order valence-electron chi connectivity index (χ0n) is 16.8. The highest BCUT2D eigenvalue weighted by atomic mass is 16.7. The molecule has 0 aromatic carbocycles. The molecule has 1 aliphatic rings. The summed E-state index contributed by atoms with van der Waals surface area (Å²) < 4.78 is 11.2. The minimum atomic E-state index is -1.49. The van der Waals surface area contributed by atoms with Gasteiger partial charge in [0.05, 0.1) is 12.7 Å². The normalized spacial score (nSPS) is 28.9. The Balaban J connectivity index is 2.96. The summed E-state index contributed by atoms with van der Waals surface area (Å²) >= 11 is 0. The Morgan fingerprint density at radius 1 is 1.17 bits per heavy atom. The van der Waals surface area contributed by atoms with Crippen LogP contribution in [0.3, 0.4) is 0 Å². The lowest BCUT2D eigenvalue weighted by atomic mass is 9.96. The van der Waals surface area contributed by atoms with Gasteiger partial charge in [-0.25, -0.2) is 0 Å². The van der Waals surface area contributed by atoms with Gasteiger partial charge in [0.1, 0.15) is 30.4 Å². The van der Waals surface area contributed by atoms with Gasteiger partial charge in [0, 0.05) is 20.4 Å². The Hall–Kier alpha value is -1.83. The fourth-order valence-electron chi connectivity index (χ4n) is 2.92. The fourth-order valence-corrected chi connectivity index (χ4v) is 2.92. The number of carbonyl (C=O) groups is 3. The van der Waals surface area contributed by atoms with E-state index in [1.807, 2.05) is 0 Å². The maximum atomic E-state index is 12.4. The molecule has 1 aliphatic heterocycles. The van der Waals surface area contributed by atoms with Crippen LogP contribution in [0, 0.1) is 0 Å². The van der Waals surface area contributed by atoms with Crippen molar-refractivity contribution in [2.45, 2.75) is 70.0 Å². The van der Waals surface area contributed by atoms with Gasteiger partial charge in [-0.05, 0) is 19.9 Å². The molecular weight excluding hydrogens is 388 g/mol. The van der Waals surface area contributed by atoms with Gasteiger partial charge in [0.15, 0.2) is 6.29 Å². The molecule has 7 atom stereocenters. The second-order valence-electron chi connectivity index (χ2n) is 6.89.